The molecule has 1 aliphatic rings. The summed E-state index contributed by atoms with van der Waals surface area (Å²) in [7, 11) is 0. The van der Waals surface area contributed by atoms with E-state index in [1.807, 2.05) is 11.8 Å². The van der Waals surface area contributed by atoms with Crippen LogP contribution in [0.1, 0.15) is 6.42 Å². The number of hydrogen-bond donors (Lipinski definition) is 1. The van der Waals surface area contributed by atoms with Crippen LogP contribution in [0.3, 0.4) is 0 Å². The normalized spacial score (nSPS) is 35.6. The lowest BCUT2D eigenvalue weighted by Crippen LogP contribution is -2.35. The van der Waals surface area contributed by atoms with Crippen LogP contribution in [0.25, 0.3) is 0 Å². The molecule has 50 valence electrons. The van der Waals surface area contributed by atoms with Gasteiger partial charge in [0, 0.05) is 11.8 Å². The third kappa shape index (κ3) is 1.60. The molecule has 0 aromatic carbocycles. The first kappa shape index (κ1) is 6.91. The zero-order valence-electron chi connectivity index (χ0n) is 5.21. The van der Waals surface area contributed by atoms with E-state index in [2.05, 4.69) is 6.07 Å². The van der Waals surface area contributed by atoms with Gasteiger partial charge in [-0.15, -0.1) is 0 Å². The predicted octanol–water partition coefficient (Wildman–Crippen LogP) is 0.590. The maximum atomic E-state index is 8.52. The number of hydrogen-bond acceptors (Lipinski definition) is 3. The highest BCUT2D eigenvalue weighted by Gasteiger charge is 2.20. The second kappa shape index (κ2) is 3.09. The summed E-state index contributed by atoms with van der Waals surface area (Å²) in [6, 6.07) is 2.33. The highest BCUT2D eigenvalue weighted by molar-refractivity contribution is 7.99. The zero-order valence-corrected chi connectivity index (χ0v) is 6.03. The molecule has 1 saturated heterocycles. The average Bonchev–Trinajstić information content (AvgIpc) is 1.89. The minimum atomic E-state index is 0.117. The first-order valence-electron chi connectivity index (χ1n) is 3.07. The molecular formula is C6H10N2S. The van der Waals surface area contributed by atoms with Crippen LogP contribution in [0, 0.1) is 17.2 Å². The van der Waals surface area contributed by atoms with Crippen LogP contribution in [0.15, 0.2) is 0 Å². The molecule has 1 aliphatic heterocycles. The number of rotatable bonds is 0. The van der Waals surface area contributed by atoms with Crippen LogP contribution in [0.2, 0.25) is 0 Å². The molecule has 0 amide bonds. The van der Waals surface area contributed by atoms with Crippen LogP contribution >= 0.6 is 11.8 Å². The van der Waals surface area contributed by atoms with Crippen molar-refractivity contribution in [2.45, 2.75) is 12.5 Å². The number of thioether (sulfide) groups is 1. The summed E-state index contributed by atoms with van der Waals surface area (Å²) in [6.07, 6.45) is 0.975. The zero-order chi connectivity index (χ0) is 6.69. The van der Waals surface area contributed by atoms with E-state index in [4.69, 9.17) is 11.0 Å². The van der Waals surface area contributed by atoms with Crippen LogP contribution in [0.5, 0.6) is 0 Å². The van der Waals surface area contributed by atoms with Gasteiger partial charge in [-0.25, -0.2) is 0 Å². The smallest absolute Gasteiger partial charge is 0.0672 e. The topological polar surface area (TPSA) is 49.8 Å². The van der Waals surface area contributed by atoms with Gasteiger partial charge >= 0.3 is 0 Å². The molecule has 1 heterocycles. The van der Waals surface area contributed by atoms with Gasteiger partial charge in [-0.05, 0) is 12.2 Å². The molecule has 2 atom stereocenters. The Balaban J connectivity index is 2.41. The van der Waals surface area contributed by atoms with Crippen LogP contribution < -0.4 is 5.73 Å². The first-order chi connectivity index (χ1) is 4.34. The van der Waals surface area contributed by atoms with Crippen molar-refractivity contribution in [3.05, 3.63) is 0 Å². The van der Waals surface area contributed by atoms with E-state index in [1.54, 1.807) is 0 Å². The number of nitrogens with zero attached hydrogens (tertiary/aromatic N) is 1. The molecule has 0 radical (unpaired) electrons. The molecule has 3 heteroatoms. The summed E-state index contributed by atoms with van der Waals surface area (Å²) in [6.45, 7) is 0. The maximum absolute atomic E-state index is 8.52. The molecule has 2 nitrogen and oxygen atoms in total. The van der Waals surface area contributed by atoms with Crippen molar-refractivity contribution in [2.75, 3.05) is 11.5 Å². The van der Waals surface area contributed by atoms with E-state index < -0.39 is 0 Å². The minimum Gasteiger partial charge on any atom is -0.326 e. The van der Waals surface area contributed by atoms with Crippen molar-refractivity contribution in [3.63, 3.8) is 0 Å². The Morgan fingerprint density at radius 3 is 2.89 bits per heavy atom. The Kier molecular flexibility index (Phi) is 2.38. The van der Waals surface area contributed by atoms with E-state index in [9.17, 15) is 0 Å². The van der Waals surface area contributed by atoms with Crippen molar-refractivity contribution in [3.8, 4) is 6.07 Å². The van der Waals surface area contributed by atoms with Crippen molar-refractivity contribution >= 4 is 11.8 Å². The molecule has 1 fully saturated rings. The van der Waals surface area contributed by atoms with Gasteiger partial charge in [0.15, 0.2) is 0 Å². The highest BCUT2D eigenvalue weighted by Crippen LogP contribution is 2.20. The summed E-state index contributed by atoms with van der Waals surface area (Å²) in [5.41, 5.74) is 5.65. The van der Waals surface area contributed by atoms with E-state index in [0.717, 1.165) is 17.9 Å². The Hall–Kier alpha value is -0.200. The Morgan fingerprint density at radius 2 is 2.44 bits per heavy atom. The number of nitrogens with two attached hydrogens (primary N) is 1. The second-order valence-electron chi connectivity index (χ2n) is 2.26. The first-order valence-corrected chi connectivity index (χ1v) is 4.23. The lowest BCUT2D eigenvalue weighted by atomic mass is 10.0. The summed E-state index contributed by atoms with van der Waals surface area (Å²) >= 11 is 1.85. The molecule has 0 aromatic heterocycles. The van der Waals surface area contributed by atoms with E-state index >= 15 is 0 Å². The molecule has 0 spiro atoms. The van der Waals surface area contributed by atoms with Gasteiger partial charge in [-0.2, -0.15) is 17.0 Å². The van der Waals surface area contributed by atoms with Gasteiger partial charge in [0.25, 0.3) is 0 Å². The van der Waals surface area contributed by atoms with E-state index in [-0.39, 0.29) is 12.0 Å². The quantitative estimate of drug-likeness (QED) is 0.538. The summed E-state index contributed by atoms with van der Waals surface area (Å²) in [4.78, 5) is 0. The van der Waals surface area contributed by atoms with Crippen molar-refractivity contribution in [1.82, 2.24) is 0 Å². The van der Waals surface area contributed by atoms with Gasteiger partial charge in [-0.3, -0.25) is 0 Å². The summed E-state index contributed by atoms with van der Waals surface area (Å²) < 4.78 is 0. The van der Waals surface area contributed by atoms with Gasteiger partial charge in [-0.1, -0.05) is 0 Å². The minimum absolute atomic E-state index is 0.117. The van der Waals surface area contributed by atoms with Crippen LogP contribution in [-0.4, -0.2) is 17.5 Å². The van der Waals surface area contributed by atoms with Gasteiger partial charge in [0.05, 0.1) is 12.0 Å². The average molecular weight is 142 g/mol. The SMILES string of the molecule is N#C[C@H]1CCSC[C@@H]1N. The molecule has 2 N–H and O–H groups in total. The van der Waals surface area contributed by atoms with E-state index in [1.165, 1.54) is 0 Å². The molecular weight excluding hydrogens is 132 g/mol. The highest BCUT2D eigenvalue weighted by atomic mass is 32.2. The Labute approximate surface area is 59.4 Å². The molecule has 0 aliphatic carbocycles. The fraction of sp³-hybridized carbons (Fsp3) is 0.833. The van der Waals surface area contributed by atoms with Gasteiger partial charge in [0.2, 0.25) is 0 Å². The lowest BCUT2D eigenvalue weighted by molar-refractivity contribution is 0.528. The number of nitriles is 1. The fourth-order valence-electron chi connectivity index (χ4n) is 0.920. The van der Waals surface area contributed by atoms with E-state index in [0.29, 0.717) is 0 Å². The molecule has 9 heavy (non-hydrogen) atoms. The fourth-order valence-corrected chi connectivity index (χ4v) is 2.01. The lowest BCUT2D eigenvalue weighted by Gasteiger charge is -2.21. The third-order valence-electron chi connectivity index (χ3n) is 1.57. The molecule has 0 aromatic rings. The Morgan fingerprint density at radius 1 is 1.67 bits per heavy atom. The Bertz CT molecular complexity index is 130. The predicted molar refractivity (Wildman–Crippen MR) is 39.0 cm³/mol. The molecule has 0 saturated carbocycles. The largest absolute Gasteiger partial charge is 0.326 e. The van der Waals surface area contributed by atoms with Crippen LogP contribution in [0.4, 0.5) is 0 Å². The van der Waals surface area contributed by atoms with Crippen molar-refractivity contribution in [2.24, 2.45) is 11.7 Å². The van der Waals surface area contributed by atoms with Crippen LogP contribution in [-0.2, 0) is 0 Å². The monoisotopic (exact) mass is 142 g/mol. The molecule has 0 unspecified atom stereocenters. The molecule has 1 rings (SSSR count). The summed E-state index contributed by atoms with van der Waals surface area (Å²) in [5, 5.41) is 8.52. The van der Waals surface area contributed by atoms with Gasteiger partial charge < -0.3 is 5.73 Å². The second-order valence-corrected chi connectivity index (χ2v) is 3.41. The third-order valence-corrected chi connectivity index (χ3v) is 2.71. The standard InChI is InChI=1S/C6H10N2S/c7-3-5-1-2-9-4-6(5)8/h5-6H,1-2,4,8H2/t5-,6+/m1/s1. The molecule has 0 bridgehead atoms. The summed E-state index contributed by atoms with van der Waals surface area (Å²) in [5.74, 6) is 2.18. The van der Waals surface area contributed by atoms with Gasteiger partial charge in [0.1, 0.15) is 0 Å². The van der Waals surface area contributed by atoms with Crippen molar-refractivity contribution in [1.29, 1.82) is 5.26 Å². The maximum Gasteiger partial charge on any atom is 0.0672 e. The van der Waals surface area contributed by atoms with Crippen molar-refractivity contribution < 1.29 is 0 Å².